The van der Waals surface area contributed by atoms with E-state index in [2.05, 4.69) is 4.72 Å². The molecule has 0 aliphatic carbocycles. The summed E-state index contributed by atoms with van der Waals surface area (Å²) in [6.45, 7) is 1.13. The molecule has 25 heavy (non-hydrogen) atoms. The fourth-order valence-corrected chi connectivity index (χ4v) is 3.13. The molecule has 0 aliphatic rings. The Labute approximate surface area is 143 Å². The monoisotopic (exact) mass is 365 g/mol. The molecule has 0 unspecified atom stereocenters. The van der Waals surface area contributed by atoms with E-state index in [0.29, 0.717) is 0 Å². The number of carbonyl (C=O) groups excluding carboxylic acids is 1. The Balaban J connectivity index is 2.23. The van der Waals surface area contributed by atoms with Gasteiger partial charge in [-0.1, -0.05) is 6.07 Å². The summed E-state index contributed by atoms with van der Waals surface area (Å²) in [6.07, 6.45) is 0. The first-order chi connectivity index (χ1) is 11.7. The van der Waals surface area contributed by atoms with Crippen LogP contribution in [0.4, 0.5) is 11.4 Å². The summed E-state index contributed by atoms with van der Waals surface area (Å²) in [5.41, 5.74) is 5.09. The lowest BCUT2D eigenvalue weighted by molar-refractivity contribution is -0.385. The fourth-order valence-electron chi connectivity index (χ4n) is 2.00. The molecule has 1 amide bonds. The van der Waals surface area contributed by atoms with Crippen LogP contribution < -0.4 is 15.2 Å². The van der Waals surface area contributed by atoms with Gasteiger partial charge in [-0.25, -0.2) is 8.42 Å². The third kappa shape index (κ3) is 4.44. The lowest BCUT2D eigenvalue weighted by Gasteiger charge is -2.11. The van der Waals surface area contributed by atoms with Gasteiger partial charge in [0.15, 0.2) is 6.61 Å². The van der Waals surface area contributed by atoms with Crippen molar-refractivity contribution in [2.45, 2.75) is 11.8 Å². The molecular weight excluding hydrogens is 350 g/mol. The molecule has 2 rings (SSSR count). The van der Waals surface area contributed by atoms with Crippen molar-refractivity contribution >= 4 is 27.3 Å². The van der Waals surface area contributed by atoms with Crippen LogP contribution in [0.3, 0.4) is 0 Å². The summed E-state index contributed by atoms with van der Waals surface area (Å²) in [4.78, 5) is 20.9. The van der Waals surface area contributed by atoms with Gasteiger partial charge in [0.05, 0.1) is 21.1 Å². The number of anilines is 1. The van der Waals surface area contributed by atoms with Gasteiger partial charge < -0.3 is 10.5 Å². The molecule has 0 spiro atoms. The van der Waals surface area contributed by atoms with Crippen LogP contribution in [0.1, 0.15) is 5.56 Å². The predicted octanol–water partition coefficient (Wildman–Crippen LogP) is 1.57. The van der Waals surface area contributed by atoms with E-state index in [1.807, 2.05) is 0 Å². The first-order valence-electron chi connectivity index (χ1n) is 6.98. The first-order valence-corrected chi connectivity index (χ1v) is 8.47. The molecule has 0 saturated carbocycles. The average Bonchev–Trinajstić information content (AvgIpc) is 2.55. The number of primary amides is 1. The maximum Gasteiger partial charge on any atom is 0.274 e. The summed E-state index contributed by atoms with van der Waals surface area (Å²) in [5.74, 6) is -0.371. The van der Waals surface area contributed by atoms with Crippen LogP contribution in [0.2, 0.25) is 0 Å². The Morgan fingerprint density at radius 1 is 1.24 bits per heavy atom. The highest BCUT2D eigenvalue weighted by Crippen LogP contribution is 2.27. The van der Waals surface area contributed by atoms with Crippen molar-refractivity contribution in [1.29, 1.82) is 0 Å². The highest BCUT2D eigenvalue weighted by Gasteiger charge is 2.19. The molecule has 0 aliphatic heterocycles. The molecule has 0 saturated heterocycles. The van der Waals surface area contributed by atoms with Crippen LogP contribution in [0, 0.1) is 17.0 Å². The van der Waals surface area contributed by atoms with Crippen LogP contribution in [0.15, 0.2) is 47.4 Å². The van der Waals surface area contributed by atoms with Crippen molar-refractivity contribution < 1.29 is 22.9 Å². The molecule has 2 aromatic carbocycles. The van der Waals surface area contributed by atoms with Gasteiger partial charge in [-0.2, -0.15) is 0 Å². The van der Waals surface area contributed by atoms with Gasteiger partial charge in [0, 0.05) is 6.07 Å². The number of nitrogens with two attached hydrogens (primary N) is 1. The molecule has 0 atom stereocenters. The summed E-state index contributed by atoms with van der Waals surface area (Å²) in [5, 5.41) is 10.9. The number of hydrogen-bond donors (Lipinski definition) is 2. The Hall–Kier alpha value is -3.14. The van der Waals surface area contributed by atoms with Gasteiger partial charge in [0.25, 0.3) is 21.6 Å². The summed E-state index contributed by atoms with van der Waals surface area (Å²) < 4.78 is 32.2. The molecule has 132 valence electrons. The maximum absolute atomic E-state index is 12.4. The van der Waals surface area contributed by atoms with Crippen molar-refractivity contribution in [3.8, 4) is 5.75 Å². The molecule has 9 nitrogen and oxygen atoms in total. The number of carbonyl (C=O) groups is 1. The Morgan fingerprint density at radius 2 is 1.88 bits per heavy atom. The van der Waals surface area contributed by atoms with Crippen molar-refractivity contribution in [3.05, 3.63) is 58.1 Å². The van der Waals surface area contributed by atoms with Crippen LogP contribution in [0.25, 0.3) is 0 Å². The zero-order valence-corrected chi connectivity index (χ0v) is 13.9. The van der Waals surface area contributed by atoms with Gasteiger partial charge in [0.2, 0.25) is 0 Å². The van der Waals surface area contributed by atoms with E-state index in [4.69, 9.17) is 10.5 Å². The number of ether oxygens (including phenoxy) is 1. The van der Waals surface area contributed by atoms with E-state index >= 15 is 0 Å². The zero-order chi connectivity index (χ0) is 18.6. The molecule has 3 N–H and O–H groups in total. The van der Waals surface area contributed by atoms with Crippen molar-refractivity contribution in [2.75, 3.05) is 11.3 Å². The minimum atomic E-state index is -3.95. The topological polar surface area (TPSA) is 142 Å². The molecule has 0 fully saturated rings. The number of amides is 1. The van der Waals surface area contributed by atoms with Crippen molar-refractivity contribution in [1.82, 2.24) is 0 Å². The maximum atomic E-state index is 12.4. The number of rotatable bonds is 7. The smallest absolute Gasteiger partial charge is 0.274 e. The van der Waals surface area contributed by atoms with Gasteiger partial charge in [0.1, 0.15) is 5.75 Å². The van der Waals surface area contributed by atoms with E-state index in [1.165, 1.54) is 49.4 Å². The first kappa shape index (κ1) is 18.2. The summed E-state index contributed by atoms with van der Waals surface area (Å²) in [6, 6.07) is 9.43. The Bertz CT molecular complexity index is 909. The second kappa shape index (κ2) is 7.18. The van der Waals surface area contributed by atoms with Crippen molar-refractivity contribution in [2.24, 2.45) is 5.73 Å². The third-order valence-electron chi connectivity index (χ3n) is 3.26. The summed E-state index contributed by atoms with van der Waals surface area (Å²) in [7, 11) is -3.95. The molecule has 0 bridgehead atoms. The van der Waals surface area contributed by atoms with Crippen LogP contribution in [0.5, 0.6) is 5.75 Å². The van der Waals surface area contributed by atoms with E-state index in [0.717, 1.165) is 0 Å². The second-order valence-electron chi connectivity index (χ2n) is 5.04. The second-order valence-corrected chi connectivity index (χ2v) is 6.72. The molecule has 0 radical (unpaired) electrons. The number of hydrogen-bond acceptors (Lipinski definition) is 6. The molecule has 2 aromatic rings. The molecule has 10 heteroatoms. The SMILES string of the molecule is Cc1c(NS(=O)(=O)c2ccc(OCC(N)=O)cc2)cccc1[N+](=O)[O-]. The number of benzene rings is 2. The molecular formula is C15H15N3O6S. The number of nitrogens with one attached hydrogen (secondary N) is 1. The Morgan fingerprint density at radius 3 is 2.44 bits per heavy atom. The lowest BCUT2D eigenvalue weighted by Crippen LogP contribution is -2.20. The summed E-state index contributed by atoms with van der Waals surface area (Å²) >= 11 is 0. The standard InChI is InChI=1S/C15H15N3O6S/c1-10-13(3-2-4-14(10)18(20)21)17-25(22,23)12-7-5-11(6-8-12)24-9-15(16)19/h2-8,17H,9H2,1H3,(H2,16,19). The molecule has 0 aromatic heterocycles. The van der Waals surface area contributed by atoms with Gasteiger partial charge >= 0.3 is 0 Å². The minimum Gasteiger partial charge on any atom is -0.484 e. The number of nitrogens with zero attached hydrogens (tertiary/aromatic N) is 1. The number of nitro benzene ring substituents is 1. The average molecular weight is 365 g/mol. The van der Waals surface area contributed by atoms with E-state index in [1.54, 1.807) is 0 Å². The lowest BCUT2D eigenvalue weighted by atomic mass is 10.2. The molecule has 0 heterocycles. The van der Waals surface area contributed by atoms with Gasteiger partial charge in [-0.05, 0) is 37.3 Å². The normalized spacial score (nSPS) is 10.9. The Kier molecular flexibility index (Phi) is 5.22. The number of nitro groups is 1. The zero-order valence-electron chi connectivity index (χ0n) is 13.1. The van der Waals surface area contributed by atoms with Gasteiger partial charge in [-0.15, -0.1) is 0 Å². The van der Waals surface area contributed by atoms with Crippen molar-refractivity contribution in [3.63, 3.8) is 0 Å². The largest absolute Gasteiger partial charge is 0.484 e. The van der Waals surface area contributed by atoms with Gasteiger partial charge in [-0.3, -0.25) is 19.6 Å². The van der Waals surface area contributed by atoms with E-state index in [9.17, 15) is 23.3 Å². The van der Waals surface area contributed by atoms with Crippen LogP contribution >= 0.6 is 0 Å². The highest BCUT2D eigenvalue weighted by atomic mass is 32.2. The number of sulfonamides is 1. The fraction of sp³-hybridized carbons (Fsp3) is 0.133. The van der Waals surface area contributed by atoms with E-state index < -0.39 is 20.9 Å². The van der Waals surface area contributed by atoms with Crippen LogP contribution in [-0.4, -0.2) is 25.9 Å². The third-order valence-corrected chi connectivity index (χ3v) is 4.64. The van der Waals surface area contributed by atoms with E-state index in [-0.39, 0.29) is 34.2 Å². The quantitative estimate of drug-likeness (QED) is 0.563. The van der Waals surface area contributed by atoms with Crippen LogP contribution in [-0.2, 0) is 14.8 Å². The minimum absolute atomic E-state index is 0.0650. The highest BCUT2D eigenvalue weighted by molar-refractivity contribution is 7.92. The predicted molar refractivity (Wildman–Crippen MR) is 89.8 cm³/mol.